The molecule has 0 fully saturated rings. The number of thiazole rings is 1. The number of hydrogen-bond acceptors (Lipinski definition) is 8. The van der Waals surface area contributed by atoms with Gasteiger partial charge in [0.1, 0.15) is 12.3 Å². The van der Waals surface area contributed by atoms with Gasteiger partial charge in [-0.3, -0.25) is 10.1 Å². The average molecular weight is 490 g/mol. The van der Waals surface area contributed by atoms with Gasteiger partial charge < -0.3 is 19.6 Å². The number of ether oxygens (including phenoxy) is 1. The van der Waals surface area contributed by atoms with E-state index in [1.807, 2.05) is 36.4 Å². The summed E-state index contributed by atoms with van der Waals surface area (Å²) in [6.07, 6.45) is 0.311. The van der Waals surface area contributed by atoms with Crippen LogP contribution in [-0.4, -0.2) is 39.7 Å². The highest BCUT2D eigenvalue weighted by Gasteiger charge is 2.29. The first-order valence-electron chi connectivity index (χ1n) is 10.5. The third-order valence-corrected chi connectivity index (χ3v) is 6.30. The summed E-state index contributed by atoms with van der Waals surface area (Å²) in [7, 11) is 0. The summed E-state index contributed by atoms with van der Waals surface area (Å²) in [5, 5.41) is 15.7. The molecule has 2 heterocycles. The molecule has 2 aromatic carbocycles. The fourth-order valence-electron chi connectivity index (χ4n) is 3.98. The van der Waals surface area contributed by atoms with Gasteiger partial charge in [0.2, 0.25) is 0 Å². The topological polar surface area (TPSA) is 144 Å². The number of carbonyl (C=O) groups is 3. The Kier molecular flexibility index (Phi) is 5.98. The molecule has 0 saturated carbocycles. The molecule has 4 aromatic rings. The van der Waals surface area contributed by atoms with E-state index in [1.54, 1.807) is 0 Å². The number of oxazole rings is 1. The predicted octanol–water partition coefficient (Wildman–Crippen LogP) is 4.12. The molecule has 0 aliphatic heterocycles. The van der Waals surface area contributed by atoms with Crippen molar-refractivity contribution in [1.29, 1.82) is 0 Å². The second kappa shape index (κ2) is 9.39. The summed E-state index contributed by atoms with van der Waals surface area (Å²) in [6, 6.07) is 16.1. The van der Waals surface area contributed by atoms with Crippen molar-refractivity contribution in [2.75, 3.05) is 11.9 Å². The zero-order valence-electron chi connectivity index (χ0n) is 18.1. The molecule has 5 rings (SSSR count). The maximum absolute atomic E-state index is 12.4. The Morgan fingerprint density at radius 1 is 1.06 bits per heavy atom. The number of anilines is 1. The van der Waals surface area contributed by atoms with E-state index in [-0.39, 0.29) is 41.3 Å². The van der Waals surface area contributed by atoms with Crippen molar-refractivity contribution >= 4 is 34.4 Å². The van der Waals surface area contributed by atoms with Gasteiger partial charge in [-0.25, -0.2) is 19.6 Å². The van der Waals surface area contributed by atoms with Crippen LogP contribution in [0, 0.1) is 0 Å². The Hall–Kier alpha value is -4.51. The Labute approximate surface area is 202 Å². The molecule has 176 valence electrons. The van der Waals surface area contributed by atoms with E-state index in [4.69, 9.17) is 14.3 Å². The number of nitrogens with one attached hydrogen (secondary N) is 2. The van der Waals surface area contributed by atoms with Crippen molar-refractivity contribution in [3.63, 3.8) is 0 Å². The summed E-state index contributed by atoms with van der Waals surface area (Å²) in [4.78, 5) is 43.5. The van der Waals surface area contributed by atoms with Gasteiger partial charge in [-0.05, 0) is 22.3 Å². The Morgan fingerprint density at radius 3 is 2.43 bits per heavy atom. The number of rotatable bonds is 7. The van der Waals surface area contributed by atoms with Crippen LogP contribution in [0.4, 0.5) is 9.93 Å². The van der Waals surface area contributed by atoms with E-state index in [9.17, 15) is 14.4 Å². The van der Waals surface area contributed by atoms with Crippen molar-refractivity contribution in [3.05, 3.63) is 88.6 Å². The number of aromatic nitrogens is 2. The number of carboxylic acids is 1. The lowest BCUT2D eigenvalue weighted by Gasteiger charge is -2.14. The normalized spacial score (nSPS) is 12.0. The molecule has 2 aromatic heterocycles. The molecular weight excluding hydrogens is 472 g/mol. The molecule has 1 aliphatic carbocycles. The Bertz CT molecular complexity index is 1380. The van der Waals surface area contributed by atoms with E-state index in [1.165, 1.54) is 5.38 Å². The minimum Gasteiger partial charge on any atom is -0.476 e. The van der Waals surface area contributed by atoms with E-state index in [0.29, 0.717) is 0 Å². The first-order valence-corrected chi connectivity index (χ1v) is 11.4. The van der Waals surface area contributed by atoms with Gasteiger partial charge in [0.05, 0.1) is 6.54 Å². The summed E-state index contributed by atoms with van der Waals surface area (Å²) >= 11 is 1.06. The van der Waals surface area contributed by atoms with Gasteiger partial charge >= 0.3 is 12.1 Å². The van der Waals surface area contributed by atoms with E-state index >= 15 is 0 Å². The monoisotopic (exact) mass is 490 g/mol. The molecule has 0 saturated heterocycles. The third kappa shape index (κ3) is 4.49. The fraction of sp³-hybridized carbons (Fsp3) is 0.125. The summed E-state index contributed by atoms with van der Waals surface area (Å²) in [5.74, 6) is -1.88. The molecule has 0 spiro atoms. The summed E-state index contributed by atoms with van der Waals surface area (Å²) < 4.78 is 10.5. The molecule has 0 atom stereocenters. The fourth-order valence-corrected chi connectivity index (χ4v) is 4.66. The van der Waals surface area contributed by atoms with Crippen LogP contribution in [0.1, 0.15) is 43.8 Å². The maximum Gasteiger partial charge on any atom is 0.413 e. The molecule has 10 nitrogen and oxygen atoms in total. The second-order valence-corrected chi connectivity index (χ2v) is 8.46. The van der Waals surface area contributed by atoms with Crippen LogP contribution in [0.15, 0.2) is 64.7 Å². The van der Waals surface area contributed by atoms with Crippen molar-refractivity contribution in [3.8, 4) is 11.1 Å². The van der Waals surface area contributed by atoms with Gasteiger partial charge in [0.15, 0.2) is 23.0 Å². The first kappa shape index (κ1) is 22.3. The van der Waals surface area contributed by atoms with Gasteiger partial charge in [0.25, 0.3) is 5.91 Å². The number of benzene rings is 2. The minimum atomic E-state index is -1.26. The molecule has 2 amide bonds. The smallest absolute Gasteiger partial charge is 0.413 e. The first-order chi connectivity index (χ1) is 17.0. The molecule has 11 heteroatoms. The summed E-state index contributed by atoms with van der Waals surface area (Å²) in [5.41, 5.74) is 4.25. The van der Waals surface area contributed by atoms with Crippen molar-refractivity contribution < 1.29 is 28.6 Å². The zero-order chi connectivity index (χ0) is 24.4. The maximum atomic E-state index is 12.4. The zero-order valence-corrected chi connectivity index (χ0v) is 18.9. The Balaban J connectivity index is 1.17. The van der Waals surface area contributed by atoms with Gasteiger partial charge in [-0.2, -0.15) is 0 Å². The second-order valence-electron chi connectivity index (χ2n) is 7.60. The van der Waals surface area contributed by atoms with Crippen LogP contribution < -0.4 is 10.6 Å². The number of carbonyl (C=O) groups excluding carboxylic acids is 2. The van der Waals surface area contributed by atoms with Gasteiger partial charge in [-0.15, -0.1) is 11.3 Å². The van der Waals surface area contributed by atoms with Gasteiger partial charge in [0, 0.05) is 11.3 Å². The lowest BCUT2D eigenvalue weighted by Crippen LogP contribution is -2.24. The van der Waals surface area contributed by atoms with Crippen molar-refractivity contribution in [2.45, 2.75) is 12.5 Å². The SMILES string of the molecule is O=C(Nc1nc(C(=O)NCc2ocnc2C(=O)O)cs1)OCC1c2ccccc2-c2ccccc21. The number of amides is 2. The van der Waals surface area contributed by atoms with Gasteiger partial charge in [-0.1, -0.05) is 48.5 Å². The Morgan fingerprint density at radius 2 is 1.74 bits per heavy atom. The molecule has 0 bridgehead atoms. The van der Waals surface area contributed by atoms with Crippen LogP contribution in [0.2, 0.25) is 0 Å². The van der Waals surface area contributed by atoms with Crippen LogP contribution in [0.25, 0.3) is 11.1 Å². The predicted molar refractivity (Wildman–Crippen MR) is 125 cm³/mol. The lowest BCUT2D eigenvalue weighted by atomic mass is 9.98. The molecule has 3 N–H and O–H groups in total. The lowest BCUT2D eigenvalue weighted by molar-refractivity contribution is 0.0687. The highest BCUT2D eigenvalue weighted by molar-refractivity contribution is 7.14. The van der Waals surface area contributed by atoms with E-state index < -0.39 is 18.0 Å². The largest absolute Gasteiger partial charge is 0.476 e. The molecule has 0 radical (unpaired) electrons. The molecule has 1 aliphatic rings. The van der Waals surface area contributed by atoms with Crippen LogP contribution in [-0.2, 0) is 11.3 Å². The van der Waals surface area contributed by atoms with Crippen LogP contribution in [0.5, 0.6) is 0 Å². The summed E-state index contributed by atoms with van der Waals surface area (Å²) in [6.45, 7) is -0.0190. The molecular formula is C24H18N4O6S. The third-order valence-electron chi connectivity index (χ3n) is 5.54. The number of fused-ring (bicyclic) bond motifs is 3. The average Bonchev–Trinajstić information content (AvgIpc) is 3.59. The van der Waals surface area contributed by atoms with Crippen molar-refractivity contribution in [2.24, 2.45) is 0 Å². The van der Waals surface area contributed by atoms with E-state index in [2.05, 4.69) is 32.7 Å². The highest BCUT2D eigenvalue weighted by atomic mass is 32.1. The minimum absolute atomic E-state index is 0.0121. The number of hydrogen-bond donors (Lipinski definition) is 3. The van der Waals surface area contributed by atoms with Crippen LogP contribution in [0.3, 0.4) is 0 Å². The standard InChI is InChI=1S/C24H18N4O6S/c29-21(25-9-19-20(22(30)31)26-12-34-19)18-11-35-23(27-18)28-24(32)33-10-17-15-7-3-1-5-13(15)14-6-2-4-8-16(14)17/h1-8,11-12,17H,9-10H2,(H,25,29)(H,30,31)(H,27,28,32). The van der Waals surface area contributed by atoms with Crippen molar-refractivity contribution in [1.82, 2.24) is 15.3 Å². The van der Waals surface area contributed by atoms with Crippen LogP contribution >= 0.6 is 11.3 Å². The number of nitrogens with zero attached hydrogens (tertiary/aromatic N) is 2. The van der Waals surface area contributed by atoms with E-state index in [0.717, 1.165) is 40.0 Å². The number of aromatic carboxylic acids is 1. The quantitative estimate of drug-likeness (QED) is 0.351. The molecule has 0 unspecified atom stereocenters. The number of carboxylic acid groups (broad SMARTS) is 1. The molecule has 35 heavy (non-hydrogen) atoms. The highest BCUT2D eigenvalue weighted by Crippen LogP contribution is 2.44.